The number of nitrogens with zero attached hydrogens (tertiary/aromatic N) is 3. The first-order valence-corrected chi connectivity index (χ1v) is 7.35. The molecule has 0 N–H and O–H groups in total. The van der Waals surface area contributed by atoms with Gasteiger partial charge >= 0.3 is 0 Å². The normalized spacial score (nSPS) is 26.2. The van der Waals surface area contributed by atoms with E-state index in [1.54, 1.807) is 11.0 Å². The first-order valence-electron chi connectivity index (χ1n) is 7.35. The van der Waals surface area contributed by atoms with E-state index >= 15 is 0 Å². The minimum absolute atomic E-state index is 0.0100. The molecule has 2 amide bonds. The van der Waals surface area contributed by atoms with Gasteiger partial charge in [0.1, 0.15) is 11.4 Å². The van der Waals surface area contributed by atoms with E-state index in [9.17, 15) is 9.59 Å². The number of fused-ring (bicyclic) bond motifs is 5. The van der Waals surface area contributed by atoms with Crippen molar-refractivity contribution in [1.29, 1.82) is 0 Å². The molecular weight excluding hydrogens is 266 g/mol. The summed E-state index contributed by atoms with van der Waals surface area (Å²) in [4.78, 5) is 33.7. The zero-order chi connectivity index (χ0) is 14.8. The van der Waals surface area contributed by atoms with Gasteiger partial charge in [0.15, 0.2) is 0 Å². The van der Waals surface area contributed by atoms with E-state index in [1.165, 1.54) is 0 Å². The maximum absolute atomic E-state index is 12.8. The highest BCUT2D eigenvalue weighted by Crippen LogP contribution is 2.38. The second-order valence-electron chi connectivity index (χ2n) is 6.34. The van der Waals surface area contributed by atoms with E-state index in [2.05, 4.69) is 4.99 Å². The molecule has 3 heterocycles. The van der Waals surface area contributed by atoms with E-state index in [4.69, 9.17) is 0 Å². The fourth-order valence-electron chi connectivity index (χ4n) is 3.50. The van der Waals surface area contributed by atoms with Crippen molar-refractivity contribution in [2.75, 3.05) is 11.4 Å². The first kappa shape index (κ1) is 12.6. The summed E-state index contributed by atoms with van der Waals surface area (Å²) in [6.45, 7) is 4.40. The summed E-state index contributed by atoms with van der Waals surface area (Å²) in [5.74, 6) is 0.697. The van der Waals surface area contributed by atoms with Crippen molar-refractivity contribution in [3.63, 3.8) is 0 Å². The Kier molecular flexibility index (Phi) is 2.35. The largest absolute Gasteiger partial charge is 0.328 e. The Morgan fingerprint density at radius 2 is 2.00 bits per heavy atom. The fraction of sp³-hybridized carbons (Fsp3) is 0.438. The van der Waals surface area contributed by atoms with Crippen LogP contribution in [0.25, 0.3) is 0 Å². The van der Waals surface area contributed by atoms with Crippen LogP contribution in [0.2, 0.25) is 0 Å². The summed E-state index contributed by atoms with van der Waals surface area (Å²) >= 11 is 0. The number of hydrogen-bond donors (Lipinski definition) is 0. The molecule has 5 nitrogen and oxygen atoms in total. The van der Waals surface area contributed by atoms with Gasteiger partial charge in [-0.15, -0.1) is 0 Å². The third-order valence-electron chi connectivity index (χ3n) is 4.54. The number of benzene rings is 1. The number of aliphatic imine (C=N–C) groups is 1. The molecule has 1 saturated heterocycles. The van der Waals surface area contributed by atoms with Gasteiger partial charge in [-0.1, -0.05) is 12.1 Å². The van der Waals surface area contributed by atoms with Crippen LogP contribution in [0.4, 0.5) is 5.69 Å². The van der Waals surface area contributed by atoms with Crippen LogP contribution >= 0.6 is 0 Å². The molecule has 5 heteroatoms. The number of para-hydroxylation sites is 1. The van der Waals surface area contributed by atoms with Gasteiger partial charge in [0, 0.05) is 6.54 Å². The highest BCUT2D eigenvalue weighted by molar-refractivity contribution is 6.29. The van der Waals surface area contributed by atoms with E-state index in [0.29, 0.717) is 11.3 Å². The zero-order valence-corrected chi connectivity index (χ0v) is 12.2. The molecule has 21 heavy (non-hydrogen) atoms. The van der Waals surface area contributed by atoms with Gasteiger partial charge in [-0.2, -0.15) is 0 Å². The number of carbonyl (C=O) groups is 2. The lowest BCUT2D eigenvalue weighted by atomic mass is 10.1. The van der Waals surface area contributed by atoms with Crippen molar-refractivity contribution in [3.8, 4) is 0 Å². The zero-order valence-electron chi connectivity index (χ0n) is 12.2. The minimum Gasteiger partial charge on any atom is -0.328 e. The van der Waals surface area contributed by atoms with Crippen molar-refractivity contribution in [3.05, 3.63) is 29.8 Å². The highest BCUT2D eigenvalue weighted by Gasteiger charge is 2.50. The fourth-order valence-corrected chi connectivity index (χ4v) is 3.50. The van der Waals surface area contributed by atoms with Gasteiger partial charge < -0.3 is 4.90 Å². The summed E-state index contributed by atoms with van der Waals surface area (Å²) < 4.78 is 0. The van der Waals surface area contributed by atoms with Crippen LogP contribution in [0.5, 0.6) is 0 Å². The second kappa shape index (κ2) is 3.93. The van der Waals surface area contributed by atoms with Crippen LogP contribution in [-0.2, 0) is 4.79 Å². The number of carbonyl (C=O) groups excluding carboxylic acids is 2. The van der Waals surface area contributed by atoms with Crippen LogP contribution in [0.15, 0.2) is 29.3 Å². The molecule has 108 valence electrons. The van der Waals surface area contributed by atoms with Crippen molar-refractivity contribution < 1.29 is 9.59 Å². The van der Waals surface area contributed by atoms with Gasteiger partial charge in [-0.3, -0.25) is 19.5 Å². The van der Waals surface area contributed by atoms with E-state index in [-0.39, 0.29) is 17.9 Å². The Balaban J connectivity index is 1.98. The Labute approximate surface area is 123 Å². The van der Waals surface area contributed by atoms with E-state index < -0.39 is 5.54 Å². The van der Waals surface area contributed by atoms with Crippen molar-refractivity contribution in [2.45, 2.75) is 38.3 Å². The minimum atomic E-state index is -0.753. The molecule has 0 radical (unpaired) electrons. The number of rotatable bonds is 0. The SMILES string of the molecule is CC1(C)N=C2[C@@H]3CCCN3C(=O)c3ccccc3N2C1=O. The number of amides is 2. The summed E-state index contributed by atoms with van der Waals surface area (Å²) in [7, 11) is 0. The molecule has 0 aliphatic carbocycles. The Hall–Kier alpha value is -2.17. The first-order chi connectivity index (χ1) is 10.0. The molecule has 0 saturated carbocycles. The van der Waals surface area contributed by atoms with E-state index in [0.717, 1.165) is 25.2 Å². The molecule has 4 rings (SSSR count). The predicted octanol–water partition coefficient (Wildman–Crippen LogP) is 1.83. The Bertz CT molecular complexity index is 693. The number of amidine groups is 1. The molecule has 1 aromatic carbocycles. The van der Waals surface area contributed by atoms with Gasteiger partial charge in [0.05, 0.1) is 17.3 Å². The molecule has 3 aliphatic heterocycles. The molecule has 1 aromatic rings. The van der Waals surface area contributed by atoms with Crippen molar-refractivity contribution in [2.24, 2.45) is 4.99 Å². The summed E-state index contributed by atoms with van der Waals surface area (Å²) in [6, 6.07) is 7.27. The molecule has 1 atom stereocenters. The van der Waals surface area contributed by atoms with Crippen LogP contribution in [0.3, 0.4) is 0 Å². The van der Waals surface area contributed by atoms with Crippen molar-refractivity contribution in [1.82, 2.24) is 4.90 Å². The molecular formula is C16H17N3O2. The summed E-state index contributed by atoms with van der Waals surface area (Å²) in [5.41, 5.74) is 0.517. The number of anilines is 1. The average Bonchev–Trinajstić information content (AvgIpc) is 3.00. The molecule has 0 aromatic heterocycles. The maximum Gasteiger partial charge on any atom is 0.259 e. The summed E-state index contributed by atoms with van der Waals surface area (Å²) in [5, 5.41) is 0. The van der Waals surface area contributed by atoms with Crippen LogP contribution < -0.4 is 4.90 Å². The Morgan fingerprint density at radius 3 is 2.81 bits per heavy atom. The smallest absolute Gasteiger partial charge is 0.259 e. The topological polar surface area (TPSA) is 53.0 Å². The van der Waals surface area contributed by atoms with Crippen LogP contribution in [0, 0.1) is 0 Å². The van der Waals surface area contributed by atoms with E-state index in [1.807, 2.05) is 36.9 Å². The van der Waals surface area contributed by atoms with Crippen molar-refractivity contribution >= 4 is 23.3 Å². The van der Waals surface area contributed by atoms with Gasteiger partial charge in [0.2, 0.25) is 0 Å². The van der Waals surface area contributed by atoms with Gasteiger partial charge in [0.25, 0.3) is 11.8 Å². The third kappa shape index (κ3) is 1.54. The Morgan fingerprint density at radius 1 is 1.24 bits per heavy atom. The lowest BCUT2D eigenvalue weighted by Gasteiger charge is -2.24. The molecule has 0 spiro atoms. The summed E-state index contributed by atoms with van der Waals surface area (Å²) in [6.07, 6.45) is 1.83. The molecule has 3 aliphatic rings. The molecule has 0 unspecified atom stereocenters. The lowest BCUT2D eigenvalue weighted by Crippen LogP contribution is -2.45. The van der Waals surface area contributed by atoms with Crippen LogP contribution in [0.1, 0.15) is 37.0 Å². The maximum atomic E-state index is 12.8. The van der Waals surface area contributed by atoms with Crippen LogP contribution in [-0.4, -0.2) is 40.7 Å². The number of hydrogen-bond acceptors (Lipinski definition) is 3. The standard InChI is InChI=1S/C16H17N3O2/c1-16(2)15(21)19-11-7-4-3-6-10(11)14(20)18-9-5-8-12(18)13(19)17-16/h3-4,6-7,12H,5,8-9H2,1-2H3/t12-/m0/s1. The average molecular weight is 283 g/mol. The third-order valence-corrected chi connectivity index (χ3v) is 4.54. The molecule has 0 bridgehead atoms. The highest BCUT2D eigenvalue weighted by atomic mass is 16.2. The predicted molar refractivity (Wildman–Crippen MR) is 79.5 cm³/mol. The molecule has 1 fully saturated rings. The quantitative estimate of drug-likeness (QED) is 0.729. The monoisotopic (exact) mass is 283 g/mol. The lowest BCUT2D eigenvalue weighted by molar-refractivity contribution is -0.120. The second-order valence-corrected chi connectivity index (χ2v) is 6.34. The van der Waals surface area contributed by atoms with Gasteiger partial charge in [-0.05, 0) is 38.8 Å². The van der Waals surface area contributed by atoms with Gasteiger partial charge in [-0.25, -0.2) is 0 Å².